The molecule has 1 aliphatic heterocycles. The molecule has 31 heavy (non-hydrogen) atoms. The summed E-state index contributed by atoms with van der Waals surface area (Å²) in [6.07, 6.45) is 5.32. The van der Waals surface area contributed by atoms with Crippen LogP contribution in [0.5, 0.6) is 11.5 Å². The average molecular weight is 439 g/mol. The molecule has 0 spiro atoms. The Bertz CT molecular complexity index is 1030. The van der Waals surface area contributed by atoms with Gasteiger partial charge in [0.15, 0.2) is 11.5 Å². The fraction of sp³-hybridized carbons (Fsp3) is 0.320. The summed E-state index contributed by atoms with van der Waals surface area (Å²) >= 11 is 6.08. The lowest BCUT2D eigenvalue weighted by Gasteiger charge is -2.31. The number of methoxy groups -OCH3 is 2. The predicted octanol–water partition coefficient (Wildman–Crippen LogP) is 4.92. The molecule has 6 heteroatoms. The maximum atomic E-state index is 13.3. The smallest absolute Gasteiger partial charge is 0.223 e. The summed E-state index contributed by atoms with van der Waals surface area (Å²) in [6, 6.07) is 15.8. The zero-order valence-electron chi connectivity index (χ0n) is 17.9. The van der Waals surface area contributed by atoms with Crippen LogP contribution >= 0.6 is 11.6 Å². The maximum Gasteiger partial charge on any atom is 0.223 e. The van der Waals surface area contributed by atoms with E-state index in [0.29, 0.717) is 30.3 Å². The minimum atomic E-state index is 0.0731. The lowest BCUT2D eigenvalue weighted by Crippen LogP contribution is -2.37. The number of benzene rings is 2. The van der Waals surface area contributed by atoms with Gasteiger partial charge in [-0.05, 0) is 59.5 Å². The van der Waals surface area contributed by atoms with Crippen LogP contribution in [0.1, 0.15) is 29.0 Å². The van der Waals surface area contributed by atoms with Crippen LogP contribution in [0.4, 0.5) is 0 Å². The van der Waals surface area contributed by atoms with E-state index >= 15 is 0 Å². The quantitative estimate of drug-likeness (QED) is 0.526. The number of nitrogens with zero attached hydrogens (tertiary/aromatic N) is 2. The maximum absolute atomic E-state index is 13.3. The van der Waals surface area contributed by atoms with Crippen molar-refractivity contribution in [2.24, 2.45) is 0 Å². The first kappa shape index (κ1) is 21.3. The van der Waals surface area contributed by atoms with E-state index in [2.05, 4.69) is 4.57 Å². The normalized spacial score (nSPS) is 14.1. The largest absolute Gasteiger partial charge is 0.493 e. The number of carbonyl (C=O) groups is 1. The molecular formula is C25H27ClN2O3. The first-order valence-corrected chi connectivity index (χ1v) is 10.8. The van der Waals surface area contributed by atoms with Gasteiger partial charge in [0.05, 0.1) is 14.2 Å². The third-order valence-electron chi connectivity index (χ3n) is 5.93. The highest BCUT2D eigenvalue weighted by molar-refractivity contribution is 6.30. The standard InChI is InChI=1S/C25H27ClN2O3/c1-30-23-13-19-9-12-28(17-20(19)14-24(23)31-2)25(29)15-21(16-27-10-3-4-11-27)18-5-7-22(26)8-6-18/h3-8,10-11,13-14,21H,9,12,15-17H2,1-2H3/t21-/m0/s1. The molecule has 1 amide bonds. The van der Waals surface area contributed by atoms with E-state index < -0.39 is 0 Å². The highest BCUT2D eigenvalue weighted by Crippen LogP contribution is 2.34. The number of halogens is 1. The number of fused-ring (bicyclic) bond motifs is 1. The molecule has 0 N–H and O–H groups in total. The summed E-state index contributed by atoms with van der Waals surface area (Å²) < 4.78 is 13.0. The zero-order chi connectivity index (χ0) is 21.8. The molecular weight excluding hydrogens is 412 g/mol. The Morgan fingerprint density at radius 3 is 2.32 bits per heavy atom. The van der Waals surface area contributed by atoms with Crippen LogP contribution < -0.4 is 9.47 Å². The fourth-order valence-electron chi connectivity index (χ4n) is 4.21. The molecule has 2 aromatic carbocycles. The van der Waals surface area contributed by atoms with Crippen LogP contribution in [0.2, 0.25) is 5.02 Å². The van der Waals surface area contributed by atoms with Gasteiger partial charge >= 0.3 is 0 Å². The van der Waals surface area contributed by atoms with Gasteiger partial charge in [0.1, 0.15) is 0 Å². The van der Waals surface area contributed by atoms with Crippen molar-refractivity contribution in [3.05, 3.63) is 82.6 Å². The number of hydrogen-bond donors (Lipinski definition) is 0. The van der Waals surface area contributed by atoms with E-state index in [1.165, 1.54) is 5.56 Å². The molecule has 2 heterocycles. The SMILES string of the molecule is COc1cc2c(cc1OC)CN(C(=O)C[C@@H](Cn1cccc1)c1ccc(Cl)cc1)CC2. The summed E-state index contributed by atoms with van der Waals surface area (Å²) in [6.45, 7) is 2.04. The molecule has 0 radical (unpaired) electrons. The first-order valence-electron chi connectivity index (χ1n) is 10.4. The van der Waals surface area contributed by atoms with Gasteiger partial charge in [-0.25, -0.2) is 0 Å². The van der Waals surface area contributed by atoms with Crippen molar-refractivity contribution < 1.29 is 14.3 Å². The highest BCUT2D eigenvalue weighted by Gasteiger charge is 2.25. The monoisotopic (exact) mass is 438 g/mol. The van der Waals surface area contributed by atoms with E-state index in [1.54, 1.807) is 14.2 Å². The van der Waals surface area contributed by atoms with Crippen molar-refractivity contribution in [1.82, 2.24) is 9.47 Å². The van der Waals surface area contributed by atoms with Gasteiger partial charge < -0.3 is 18.9 Å². The summed E-state index contributed by atoms with van der Waals surface area (Å²) in [7, 11) is 3.28. The van der Waals surface area contributed by atoms with Gasteiger partial charge in [0, 0.05) is 49.4 Å². The Hall–Kier alpha value is -2.92. The van der Waals surface area contributed by atoms with Gasteiger partial charge in [-0.3, -0.25) is 4.79 Å². The third kappa shape index (κ3) is 4.88. The minimum Gasteiger partial charge on any atom is -0.493 e. The average Bonchev–Trinajstić information content (AvgIpc) is 3.31. The second-order valence-corrected chi connectivity index (χ2v) is 8.31. The molecule has 0 fully saturated rings. The molecule has 162 valence electrons. The van der Waals surface area contributed by atoms with Crippen molar-refractivity contribution in [3.8, 4) is 11.5 Å². The Balaban J connectivity index is 1.51. The Morgan fingerprint density at radius 2 is 1.68 bits per heavy atom. The minimum absolute atomic E-state index is 0.0731. The lowest BCUT2D eigenvalue weighted by atomic mass is 9.93. The molecule has 4 rings (SSSR count). The zero-order valence-corrected chi connectivity index (χ0v) is 18.6. The van der Waals surface area contributed by atoms with Gasteiger partial charge in [-0.1, -0.05) is 23.7 Å². The van der Waals surface area contributed by atoms with Crippen LogP contribution in [-0.2, 0) is 24.3 Å². The summed E-state index contributed by atoms with van der Waals surface area (Å²) in [5, 5.41) is 0.701. The van der Waals surface area contributed by atoms with Crippen LogP contribution in [0.3, 0.4) is 0 Å². The van der Waals surface area contributed by atoms with Crippen LogP contribution in [0.25, 0.3) is 0 Å². The number of hydrogen-bond acceptors (Lipinski definition) is 3. The Kier molecular flexibility index (Phi) is 6.52. The van der Waals surface area contributed by atoms with Gasteiger partial charge in [0.25, 0.3) is 0 Å². The molecule has 1 aromatic heterocycles. The predicted molar refractivity (Wildman–Crippen MR) is 122 cm³/mol. The van der Waals surface area contributed by atoms with E-state index in [9.17, 15) is 4.79 Å². The second-order valence-electron chi connectivity index (χ2n) is 7.87. The molecule has 0 aliphatic carbocycles. The highest BCUT2D eigenvalue weighted by atomic mass is 35.5. The fourth-order valence-corrected chi connectivity index (χ4v) is 4.33. The van der Waals surface area contributed by atoms with Crippen molar-refractivity contribution in [2.45, 2.75) is 31.8 Å². The van der Waals surface area contributed by atoms with Gasteiger partial charge in [-0.2, -0.15) is 0 Å². The van der Waals surface area contributed by atoms with Crippen molar-refractivity contribution in [1.29, 1.82) is 0 Å². The van der Waals surface area contributed by atoms with Crippen LogP contribution in [0.15, 0.2) is 60.9 Å². The Morgan fingerprint density at radius 1 is 1.03 bits per heavy atom. The van der Waals surface area contributed by atoms with Crippen molar-refractivity contribution in [3.63, 3.8) is 0 Å². The summed E-state index contributed by atoms with van der Waals surface area (Å²) in [5.41, 5.74) is 3.45. The first-order chi connectivity index (χ1) is 15.1. The van der Waals surface area contributed by atoms with E-state index in [0.717, 1.165) is 29.8 Å². The lowest BCUT2D eigenvalue weighted by molar-refractivity contribution is -0.132. The summed E-state index contributed by atoms with van der Waals surface area (Å²) in [5.74, 6) is 1.66. The van der Waals surface area contributed by atoms with E-state index in [4.69, 9.17) is 21.1 Å². The van der Waals surface area contributed by atoms with Crippen LogP contribution in [-0.4, -0.2) is 36.1 Å². The summed E-state index contributed by atoms with van der Waals surface area (Å²) in [4.78, 5) is 15.3. The molecule has 1 atom stereocenters. The molecule has 3 aromatic rings. The molecule has 5 nitrogen and oxygen atoms in total. The molecule has 0 saturated carbocycles. The molecule has 0 unspecified atom stereocenters. The number of aromatic nitrogens is 1. The number of amides is 1. The van der Waals surface area contributed by atoms with E-state index in [-0.39, 0.29) is 11.8 Å². The van der Waals surface area contributed by atoms with Gasteiger partial charge in [-0.15, -0.1) is 0 Å². The van der Waals surface area contributed by atoms with Crippen molar-refractivity contribution in [2.75, 3.05) is 20.8 Å². The van der Waals surface area contributed by atoms with E-state index in [1.807, 2.05) is 65.8 Å². The van der Waals surface area contributed by atoms with Gasteiger partial charge in [0.2, 0.25) is 5.91 Å². The topological polar surface area (TPSA) is 43.7 Å². The second kappa shape index (κ2) is 9.48. The molecule has 1 aliphatic rings. The molecule has 0 bridgehead atoms. The molecule has 0 saturated heterocycles. The Labute approximate surface area is 188 Å². The number of ether oxygens (including phenoxy) is 2. The number of rotatable bonds is 7. The van der Waals surface area contributed by atoms with Crippen LogP contribution in [0, 0.1) is 0 Å². The third-order valence-corrected chi connectivity index (χ3v) is 6.18. The number of carbonyl (C=O) groups excluding carboxylic acids is 1. The van der Waals surface area contributed by atoms with Crippen molar-refractivity contribution >= 4 is 17.5 Å².